The van der Waals surface area contributed by atoms with Crippen LogP contribution in [0.1, 0.15) is 19.4 Å². The van der Waals surface area contributed by atoms with Crippen molar-refractivity contribution < 1.29 is 4.92 Å². The van der Waals surface area contributed by atoms with Crippen LogP contribution in [0.25, 0.3) is 11.2 Å². The van der Waals surface area contributed by atoms with Gasteiger partial charge in [-0.2, -0.15) is 4.98 Å². The topological polar surface area (TPSA) is 124 Å². The molecule has 2 heterocycles. The minimum atomic E-state index is -0.414. The Balaban J connectivity index is 1.96. The van der Waals surface area contributed by atoms with E-state index in [2.05, 4.69) is 19.9 Å². The molecule has 3 rings (SSSR count). The van der Waals surface area contributed by atoms with Gasteiger partial charge in [-0.25, -0.2) is 9.97 Å². The Morgan fingerprint density at radius 2 is 1.96 bits per heavy atom. The molecule has 3 N–H and O–H groups in total. The van der Waals surface area contributed by atoms with E-state index in [1.54, 1.807) is 18.5 Å². The fourth-order valence-corrected chi connectivity index (χ4v) is 3.31. The van der Waals surface area contributed by atoms with Gasteiger partial charge in [0.05, 0.1) is 11.3 Å². The summed E-state index contributed by atoms with van der Waals surface area (Å²) in [5, 5.41) is 11.5. The Morgan fingerprint density at radius 1 is 1.26 bits per heavy atom. The number of nitro benzene ring substituents is 1. The molecular formula is C14H14N6O2S. The van der Waals surface area contributed by atoms with Crippen molar-refractivity contribution in [2.75, 3.05) is 5.73 Å². The predicted molar refractivity (Wildman–Crippen MR) is 88.1 cm³/mol. The number of anilines is 1. The monoisotopic (exact) mass is 330 g/mol. The fraction of sp³-hybridized carbons (Fsp3) is 0.214. The van der Waals surface area contributed by atoms with Crippen LogP contribution in [0.3, 0.4) is 0 Å². The standard InChI is InChI=1S/C14H14N6O2S/c1-14(2,8-3-5-9(6-4-8)20(21)22)23-12-10-11(17-7-16-10)18-13(15)19-12/h3-7H,1-2H3,(H3,15,16,17,18,19). The molecule has 23 heavy (non-hydrogen) atoms. The SMILES string of the molecule is CC(C)(Sc1nc(N)nc2nc[nH]c12)c1ccc([N+](=O)[O-])cc1. The van der Waals surface area contributed by atoms with Crippen molar-refractivity contribution in [3.05, 3.63) is 46.3 Å². The molecule has 0 fully saturated rings. The molecule has 8 nitrogen and oxygen atoms in total. The lowest BCUT2D eigenvalue weighted by Gasteiger charge is -2.24. The van der Waals surface area contributed by atoms with Gasteiger partial charge in [0.25, 0.3) is 5.69 Å². The van der Waals surface area contributed by atoms with E-state index >= 15 is 0 Å². The van der Waals surface area contributed by atoms with Crippen molar-refractivity contribution >= 4 is 34.6 Å². The summed E-state index contributed by atoms with van der Waals surface area (Å²) in [7, 11) is 0. The van der Waals surface area contributed by atoms with Crippen molar-refractivity contribution in [1.29, 1.82) is 0 Å². The first kappa shape index (κ1) is 15.2. The molecule has 2 aromatic heterocycles. The summed E-state index contributed by atoms with van der Waals surface area (Å²) >= 11 is 1.49. The number of nitrogens with one attached hydrogen (secondary N) is 1. The molecule has 9 heteroatoms. The van der Waals surface area contributed by atoms with Crippen LogP contribution in [0.2, 0.25) is 0 Å². The minimum absolute atomic E-state index is 0.0665. The second-order valence-corrected chi connectivity index (χ2v) is 7.02. The summed E-state index contributed by atoms with van der Waals surface area (Å²) in [6.45, 7) is 4.03. The zero-order valence-electron chi connectivity index (χ0n) is 12.5. The highest BCUT2D eigenvalue weighted by Gasteiger charge is 2.25. The van der Waals surface area contributed by atoms with Crippen molar-refractivity contribution in [3.63, 3.8) is 0 Å². The van der Waals surface area contributed by atoms with Gasteiger partial charge in [0.1, 0.15) is 10.5 Å². The lowest BCUT2D eigenvalue weighted by Crippen LogP contribution is -2.13. The molecule has 0 aliphatic heterocycles. The summed E-state index contributed by atoms with van der Waals surface area (Å²) in [5.41, 5.74) is 7.97. The number of nitro groups is 1. The van der Waals surface area contributed by atoms with E-state index < -0.39 is 4.92 Å². The number of nitrogens with two attached hydrogens (primary N) is 1. The van der Waals surface area contributed by atoms with Gasteiger partial charge in [-0.05, 0) is 19.4 Å². The molecule has 0 atom stereocenters. The number of hydrogen-bond acceptors (Lipinski definition) is 7. The van der Waals surface area contributed by atoms with Gasteiger partial charge in [0, 0.05) is 16.9 Å². The number of thioether (sulfide) groups is 1. The maximum atomic E-state index is 10.8. The lowest BCUT2D eigenvalue weighted by molar-refractivity contribution is -0.384. The van der Waals surface area contributed by atoms with Crippen LogP contribution in [0, 0.1) is 10.1 Å². The lowest BCUT2D eigenvalue weighted by atomic mass is 10.0. The maximum absolute atomic E-state index is 10.8. The Labute approximate surface area is 135 Å². The number of aromatic amines is 1. The van der Waals surface area contributed by atoms with Crippen molar-refractivity contribution in [1.82, 2.24) is 19.9 Å². The predicted octanol–water partition coefficient (Wildman–Crippen LogP) is 2.87. The molecule has 0 aliphatic rings. The Kier molecular flexibility index (Phi) is 3.64. The van der Waals surface area contributed by atoms with Crippen LogP contribution >= 0.6 is 11.8 Å². The average Bonchev–Trinajstić information content (AvgIpc) is 2.95. The van der Waals surface area contributed by atoms with Gasteiger partial charge < -0.3 is 10.7 Å². The second-order valence-electron chi connectivity index (χ2n) is 5.40. The van der Waals surface area contributed by atoms with Crippen LogP contribution in [0.4, 0.5) is 11.6 Å². The molecule has 0 bridgehead atoms. The summed E-state index contributed by atoms with van der Waals surface area (Å²) in [6.07, 6.45) is 1.54. The number of non-ortho nitro benzene ring substituents is 1. The molecule has 1 aromatic carbocycles. The molecule has 118 valence electrons. The first-order chi connectivity index (χ1) is 10.9. The van der Waals surface area contributed by atoms with Gasteiger partial charge in [-0.3, -0.25) is 10.1 Å². The molecular weight excluding hydrogens is 316 g/mol. The van der Waals surface area contributed by atoms with E-state index in [1.807, 2.05) is 13.8 Å². The highest BCUT2D eigenvalue weighted by atomic mass is 32.2. The number of H-pyrrole nitrogens is 1. The quantitative estimate of drug-likeness (QED) is 0.326. The summed E-state index contributed by atoms with van der Waals surface area (Å²) in [5.74, 6) is 0.159. The summed E-state index contributed by atoms with van der Waals surface area (Å²) < 4.78 is -0.367. The zero-order valence-corrected chi connectivity index (χ0v) is 13.3. The zero-order chi connectivity index (χ0) is 16.6. The highest BCUT2D eigenvalue weighted by Crippen LogP contribution is 2.42. The molecule has 0 amide bonds. The first-order valence-electron chi connectivity index (χ1n) is 6.77. The first-order valence-corrected chi connectivity index (χ1v) is 7.59. The van der Waals surface area contributed by atoms with E-state index in [1.165, 1.54) is 23.9 Å². The smallest absolute Gasteiger partial charge is 0.269 e. The van der Waals surface area contributed by atoms with Gasteiger partial charge in [-0.1, -0.05) is 23.9 Å². The number of aromatic nitrogens is 4. The van der Waals surface area contributed by atoms with Crippen LogP contribution in [0.5, 0.6) is 0 Å². The van der Waals surface area contributed by atoms with E-state index in [0.717, 1.165) is 11.1 Å². The van der Waals surface area contributed by atoms with Gasteiger partial charge in [0.2, 0.25) is 5.95 Å². The third kappa shape index (κ3) is 2.95. The number of nitrogens with zero attached hydrogens (tertiary/aromatic N) is 4. The number of benzene rings is 1. The fourth-order valence-electron chi connectivity index (χ4n) is 2.18. The summed E-state index contributed by atoms with van der Waals surface area (Å²) in [4.78, 5) is 25.8. The highest BCUT2D eigenvalue weighted by molar-refractivity contribution is 8.00. The largest absolute Gasteiger partial charge is 0.368 e. The van der Waals surface area contributed by atoms with Crippen LogP contribution in [-0.4, -0.2) is 24.9 Å². The molecule has 0 spiro atoms. The Hall–Kier alpha value is -2.68. The summed E-state index contributed by atoms with van der Waals surface area (Å²) in [6, 6.07) is 6.50. The van der Waals surface area contributed by atoms with E-state index in [9.17, 15) is 10.1 Å². The number of nitrogen functional groups attached to an aromatic ring is 1. The van der Waals surface area contributed by atoms with Crippen LogP contribution in [0.15, 0.2) is 35.6 Å². The van der Waals surface area contributed by atoms with Gasteiger partial charge in [-0.15, -0.1) is 0 Å². The van der Waals surface area contributed by atoms with Crippen LogP contribution in [-0.2, 0) is 4.75 Å². The van der Waals surface area contributed by atoms with Crippen LogP contribution < -0.4 is 5.73 Å². The molecule has 0 saturated carbocycles. The Bertz CT molecular complexity index is 875. The van der Waals surface area contributed by atoms with Crippen molar-refractivity contribution in [3.8, 4) is 0 Å². The van der Waals surface area contributed by atoms with E-state index in [-0.39, 0.29) is 16.4 Å². The third-order valence-corrected chi connectivity index (χ3v) is 4.63. The van der Waals surface area contributed by atoms with E-state index in [0.29, 0.717) is 10.7 Å². The minimum Gasteiger partial charge on any atom is -0.368 e. The number of imidazole rings is 1. The maximum Gasteiger partial charge on any atom is 0.269 e. The number of fused-ring (bicyclic) bond motifs is 1. The van der Waals surface area contributed by atoms with Gasteiger partial charge in [0.15, 0.2) is 5.65 Å². The molecule has 0 saturated heterocycles. The van der Waals surface area contributed by atoms with Crippen molar-refractivity contribution in [2.45, 2.75) is 23.6 Å². The molecule has 0 unspecified atom stereocenters. The average molecular weight is 330 g/mol. The molecule has 0 aliphatic carbocycles. The normalized spacial score (nSPS) is 11.7. The van der Waals surface area contributed by atoms with Crippen molar-refractivity contribution in [2.24, 2.45) is 0 Å². The van der Waals surface area contributed by atoms with Gasteiger partial charge >= 0.3 is 0 Å². The third-order valence-electron chi connectivity index (χ3n) is 3.39. The molecule has 3 aromatic rings. The van der Waals surface area contributed by atoms with E-state index in [4.69, 9.17) is 5.73 Å². The molecule has 0 radical (unpaired) electrons. The Morgan fingerprint density at radius 3 is 2.61 bits per heavy atom. The number of hydrogen-bond donors (Lipinski definition) is 2. The number of rotatable bonds is 4. The second kappa shape index (κ2) is 5.51.